The molecule has 0 heterocycles. The molecule has 0 aliphatic carbocycles. The van der Waals surface area contributed by atoms with Gasteiger partial charge in [0.1, 0.15) is 0 Å². The predicted octanol–water partition coefficient (Wildman–Crippen LogP) is 3.06. The summed E-state index contributed by atoms with van der Waals surface area (Å²) in [5.41, 5.74) is 0. The fraction of sp³-hybridized carbons (Fsp3) is 0.636. The number of hydrogen-bond donors (Lipinski definition) is 1. The van der Waals surface area contributed by atoms with E-state index >= 15 is 0 Å². The largest absolute Gasteiger partial charge is 0.392 e. The van der Waals surface area contributed by atoms with Crippen molar-refractivity contribution in [2.24, 2.45) is 0 Å². The number of rotatable bonds is 7. The van der Waals surface area contributed by atoms with E-state index in [0.29, 0.717) is 0 Å². The van der Waals surface area contributed by atoms with E-state index in [1.54, 1.807) is 6.08 Å². The van der Waals surface area contributed by atoms with E-state index in [4.69, 9.17) is 5.11 Å². The number of unbranched alkanes of at least 4 members (excludes halogenated alkanes) is 4. The second kappa shape index (κ2) is 10.4. The van der Waals surface area contributed by atoms with Gasteiger partial charge in [-0.15, -0.1) is 0 Å². The van der Waals surface area contributed by atoms with Crippen molar-refractivity contribution in [2.45, 2.75) is 39.0 Å². The van der Waals surface area contributed by atoms with Crippen LogP contribution >= 0.6 is 0 Å². The van der Waals surface area contributed by atoms with Gasteiger partial charge in [-0.1, -0.05) is 50.5 Å². The van der Waals surface area contributed by atoms with Crippen LogP contribution in [0.5, 0.6) is 0 Å². The lowest BCUT2D eigenvalue weighted by Gasteiger charge is -1.92. The predicted molar refractivity (Wildman–Crippen MR) is 54.1 cm³/mol. The molecule has 0 spiro atoms. The van der Waals surface area contributed by atoms with Gasteiger partial charge in [0.15, 0.2) is 0 Å². The van der Waals surface area contributed by atoms with Crippen molar-refractivity contribution in [1.82, 2.24) is 0 Å². The van der Waals surface area contributed by atoms with E-state index in [-0.39, 0.29) is 6.61 Å². The van der Waals surface area contributed by atoms with Crippen LogP contribution < -0.4 is 0 Å². The molecule has 0 aromatic carbocycles. The zero-order valence-corrected chi connectivity index (χ0v) is 8.00. The first kappa shape index (κ1) is 11.4. The topological polar surface area (TPSA) is 20.2 Å². The van der Waals surface area contributed by atoms with Crippen molar-refractivity contribution >= 4 is 0 Å². The van der Waals surface area contributed by atoms with Crippen LogP contribution in [0.4, 0.5) is 0 Å². The zero-order valence-electron chi connectivity index (χ0n) is 8.00. The quantitative estimate of drug-likeness (QED) is 0.457. The molecule has 1 heteroatoms. The monoisotopic (exact) mass is 168 g/mol. The highest BCUT2D eigenvalue weighted by atomic mass is 16.2. The lowest BCUT2D eigenvalue weighted by molar-refractivity contribution is 0.343. The van der Waals surface area contributed by atoms with Gasteiger partial charge in [-0.05, 0) is 12.8 Å². The maximum Gasteiger partial charge on any atom is 0.0615 e. The summed E-state index contributed by atoms with van der Waals surface area (Å²) in [4.78, 5) is 0. The van der Waals surface area contributed by atoms with Crippen molar-refractivity contribution in [3.63, 3.8) is 0 Å². The van der Waals surface area contributed by atoms with Gasteiger partial charge >= 0.3 is 0 Å². The summed E-state index contributed by atoms with van der Waals surface area (Å²) in [6.07, 6.45) is 14.2. The molecule has 0 fully saturated rings. The van der Waals surface area contributed by atoms with Crippen LogP contribution in [0.2, 0.25) is 0 Å². The van der Waals surface area contributed by atoms with E-state index < -0.39 is 0 Å². The van der Waals surface area contributed by atoms with Gasteiger partial charge in [0.2, 0.25) is 0 Å². The van der Waals surface area contributed by atoms with E-state index in [1.807, 2.05) is 12.2 Å². The highest BCUT2D eigenvalue weighted by Gasteiger charge is 1.82. The molecule has 0 unspecified atom stereocenters. The summed E-state index contributed by atoms with van der Waals surface area (Å²) < 4.78 is 0. The lowest BCUT2D eigenvalue weighted by atomic mass is 10.1. The molecule has 0 bridgehead atoms. The van der Waals surface area contributed by atoms with Gasteiger partial charge in [-0.25, -0.2) is 0 Å². The molecule has 0 saturated heterocycles. The Morgan fingerprint density at radius 2 is 1.75 bits per heavy atom. The highest BCUT2D eigenvalue weighted by molar-refractivity contribution is 5.02. The highest BCUT2D eigenvalue weighted by Crippen LogP contribution is 2.02. The van der Waals surface area contributed by atoms with Crippen LogP contribution in [0, 0.1) is 0 Å². The van der Waals surface area contributed by atoms with Crippen molar-refractivity contribution in [2.75, 3.05) is 6.61 Å². The Morgan fingerprint density at radius 3 is 2.42 bits per heavy atom. The molecule has 0 amide bonds. The summed E-state index contributed by atoms with van der Waals surface area (Å²) in [6.45, 7) is 2.36. The number of aliphatic hydroxyl groups is 1. The third-order valence-electron chi connectivity index (χ3n) is 1.71. The smallest absolute Gasteiger partial charge is 0.0615 e. The zero-order chi connectivity index (χ0) is 9.07. The average molecular weight is 168 g/mol. The Labute approximate surface area is 75.8 Å². The van der Waals surface area contributed by atoms with Crippen molar-refractivity contribution < 1.29 is 5.11 Å². The summed E-state index contributed by atoms with van der Waals surface area (Å²) >= 11 is 0. The molecule has 0 aliphatic rings. The van der Waals surface area contributed by atoms with Gasteiger partial charge in [0.05, 0.1) is 6.61 Å². The van der Waals surface area contributed by atoms with Crippen molar-refractivity contribution in [1.29, 1.82) is 0 Å². The minimum atomic E-state index is 0.139. The maximum atomic E-state index is 8.42. The number of aliphatic hydroxyl groups excluding tert-OH is 1. The second-order valence-corrected chi connectivity index (χ2v) is 2.89. The minimum Gasteiger partial charge on any atom is -0.392 e. The second-order valence-electron chi connectivity index (χ2n) is 2.89. The lowest BCUT2D eigenvalue weighted by Crippen LogP contribution is -1.73. The van der Waals surface area contributed by atoms with Crippen LogP contribution in [-0.2, 0) is 0 Å². The molecule has 1 nitrogen and oxygen atoms in total. The molecule has 0 rings (SSSR count). The summed E-state index contributed by atoms with van der Waals surface area (Å²) in [5.74, 6) is 0. The average Bonchev–Trinajstić information content (AvgIpc) is 2.10. The SMILES string of the molecule is CCCCCC/C=C\C=C\CO. The number of allylic oxidation sites excluding steroid dienone is 3. The molecule has 70 valence electrons. The van der Waals surface area contributed by atoms with Crippen molar-refractivity contribution in [3.8, 4) is 0 Å². The molecule has 12 heavy (non-hydrogen) atoms. The Bertz CT molecular complexity index is 125. The van der Waals surface area contributed by atoms with Crippen LogP contribution in [0.3, 0.4) is 0 Å². The van der Waals surface area contributed by atoms with Gasteiger partial charge in [-0.3, -0.25) is 0 Å². The maximum absolute atomic E-state index is 8.42. The third kappa shape index (κ3) is 9.44. The molecule has 0 saturated carbocycles. The fourth-order valence-electron chi connectivity index (χ4n) is 1.00. The van der Waals surface area contributed by atoms with Gasteiger partial charge in [0.25, 0.3) is 0 Å². The Balaban J connectivity index is 3.07. The van der Waals surface area contributed by atoms with Gasteiger partial charge in [-0.2, -0.15) is 0 Å². The van der Waals surface area contributed by atoms with E-state index in [0.717, 1.165) is 6.42 Å². The fourth-order valence-corrected chi connectivity index (χ4v) is 1.00. The summed E-state index contributed by atoms with van der Waals surface area (Å²) in [6, 6.07) is 0. The number of hydrogen-bond acceptors (Lipinski definition) is 1. The molecule has 0 radical (unpaired) electrons. The third-order valence-corrected chi connectivity index (χ3v) is 1.71. The van der Waals surface area contributed by atoms with Crippen LogP contribution in [0.25, 0.3) is 0 Å². The van der Waals surface area contributed by atoms with Gasteiger partial charge < -0.3 is 5.11 Å². The first-order valence-electron chi connectivity index (χ1n) is 4.84. The Kier molecular flexibility index (Phi) is 9.95. The standard InChI is InChI=1S/C11H20O/c1-2-3-4-5-6-7-8-9-10-11-12/h7-10,12H,2-6,11H2,1H3/b8-7-,10-9+. The Morgan fingerprint density at radius 1 is 1.00 bits per heavy atom. The Hall–Kier alpha value is -0.560. The summed E-state index contributed by atoms with van der Waals surface area (Å²) in [5, 5.41) is 8.42. The van der Waals surface area contributed by atoms with Crippen molar-refractivity contribution in [3.05, 3.63) is 24.3 Å². The molecule has 0 aliphatic heterocycles. The normalized spacial score (nSPS) is 11.8. The molecular formula is C11H20O. The summed E-state index contributed by atoms with van der Waals surface area (Å²) in [7, 11) is 0. The first-order chi connectivity index (χ1) is 5.91. The molecule has 0 aromatic heterocycles. The van der Waals surface area contributed by atoms with Crippen LogP contribution in [0.15, 0.2) is 24.3 Å². The molecular weight excluding hydrogens is 148 g/mol. The van der Waals surface area contributed by atoms with E-state index in [9.17, 15) is 0 Å². The van der Waals surface area contributed by atoms with Crippen LogP contribution in [-0.4, -0.2) is 11.7 Å². The van der Waals surface area contributed by atoms with Crippen LogP contribution in [0.1, 0.15) is 39.0 Å². The van der Waals surface area contributed by atoms with Gasteiger partial charge in [0, 0.05) is 0 Å². The molecule has 1 N–H and O–H groups in total. The first-order valence-corrected chi connectivity index (χ1v) is 4.84. The minimum absolute atomic E-state index is 0.139. The van der Waals surface area contributed by atoms with E-state index in [1.165, 1.54) is 25.7 Å². The van der Waals surface area contributed by atoms with E-state index in [2.05, 4.69) is 13.0 Å². The molecule has 0 aromatic rings. The molecule has 0 atom stereocenters.